The van der Waals surface area contributed by atoms with Gasteiger partial charge in [-0.2, -0.15) is 0 Å². The Kier molecular flexibility index (Phi) is 4.57. The number of hydrogen-bond acceptors (Lipinski definition) is 3. The quantitative estimate of drug-likeness (QED) is 0.830. The molecule has 6 heteroatoms. The average molecular weight is 289 g/mol. The van der Waals surface area contributed by atoms with Gasteiger partial charge in [-0.3, -0.25) is 9.59 Å². The van der Waals surface area contributed by atoms with Crippen molar-refractivity contribution >= 4 is 23.4 Å². The van der Waals surface area contributed by atoms with Gasteiger partial charge in [0.25, 0.3) is 0 Å². The molecule has 0 radical (unpaired) electrons. The molecule has 1 aliphatic rings. The number of ketones is 1. The number of anilines is 1. The van der Waals surface area contributed by atoms with Crippen LogP contribution in [-0.2, 0) is 4.79 Å². The Morgan fingerprint density at radius 2 is 2.00 bits per heavy atom. The number of carbonyl (C=O) groups is 3. The van der Waals surface area contributed by atoms with Gasteiger partial charge in [0.15, 0.2) is 5.78 Å². The highest BCUT2D eigenvalue weighted by Crippen LogP contribution is 2.15. The monoisotopic (exact) mass is 289 g/mol. The van der Waals surface area contributed by atoms with Gasteiger partial charge in [0, 0.05) is 37.3 Å². The molecule has 2 rings (SSSR count). The van der Waals surface area contributed by atoms with Gasteiger partial charge >= 0.3 is 6.03 Å². The molecule has 112 valence electrons. The molecule has 21 heavy (non-hydrogen) atoms. The molecule has 1 fully saturated rings. The van der Waals surface area contributed by atoms with Crippen LogP contribution in [0.4, 0.5) is 10.5 Å². The number of Topliss-reactive ketones (excluding diaryl/α,β-unsaturated/α-hetero) is 1. The van der Waals surface area contributed by atoms with Gasteiger partial charge in [-0.15, -0.1) is 0 Å². The Hall–Kier alpha value is -2.37. The second kappa shape index (κ2) is 6.39. The fourth-order valence-corrected chi connectivity index (χ4v) is 2.37. The minimum Gasteiger partial charge on any atom is -0.352 e. The molecule has 1 atom stereocenters. The molecule has 3 amide bonds. The number of likely N-dealkylation sites (tertiary alicyclic amines) is 1. The average Bonchev–Trinajstić information content (AvgIpc) is 2.86. The van der Waals surface area contributed by atoms with Crippen molar-refractivity contribution in [3.8, 4) is 0 Å². The van der Waals surface area contributed by atoms with Crippen LogP contribution in [0.5, 0.6) is 0 Å². The maximum atomic E-state index is 12.1. The maximum Gasteiger partial charge on any atom is 0.321 e. The predicted octanol–water partition coefficient (Wildman–Crippen LogP) is 1.63. The molecule has 1 aromatic carbocycles. The lowest BCUT2D eigenvalue weighted by Crippen LogP contribution is -2.38. The second-order valence-corrected chi connectivity index (χ2v) is 5.20. The van der Waals surface area contributed by atoms with Crippen molar-refractivity contribution in [2.45, 2.75) is 26.3 Å². The van der Waals surface area contributed by atoms with Crippen molar-refractivity contribution in [2.75, 3.05) is 18.4 Å². The summed E-state index contributed by atoms with van der Waals surface area (Å²) >= 11 is 0. The van der Waals surface area contributed by atoms with Crippen molar-refractivity contribution in [1.82, 2.24) is 10.2 Å². The summed E-state index contributed by atoms with van der Waals surface area (Å²) in [4.78, 5) is 36.1. The summed E-state index contributed by atoms with van der Waals surface area (Å²) in [6.45, 7) is 4.05. The van der Waals surface area contributed by atoms with E-state index in [0.29, 0.717) is 24.3 Å². The first-order chi connectivity index (χ1) is 9.95. The molecule has 1 heterocycles. The summed E-state index contributed by atoms with van der Waals surface area (Å²) in [5, 5.41) is 5.58. The zero-order valence-corrected chi connectivity index (χ0v) is 12.2. The van der Waals surface area contributed by atoms with Crippen LogP contribution in [0.1, 0.15) is 30.6 Å². The van der Waals surface area contributed by atoms with E-state index in [-0.39, 0.29) is 23.8 Å². The predicted molar refractivity (Wildman–Crippen MR) is 79.3 cm³/mol. The highest BCUT2D eigenvalue weighted by atomic mass is 16.2. The van der Waals surface area contributed by atoms with E-state index in [9.17, 15) is 14.4 Å². The van der Waals surface area contributed by atoms with Crippen LogP contribution in [0.2, 0.25) is 0 Å². The zero-order valence-electron chi connectivity index (χ0n) is 12.2. The molecule has 1 aliphatic heterocycles. The Balaban J connectivity index is 1.94. The highest BCUT2D eigenvalue weighted by Gasteiger charge is 2.26. The normalized spacial score (nSPS) is 17.4. The molecule has 2 N–H and O–H groups in total. The Morgan fingerprint density at radius 3 is 2.67 bits per heavy atom. The van der Waals surface area contributed by atoms with E-state index in [0.717, 1.165) is 6.42 Å². The van der Waals surface area contributed by atoms with Crippen molar-refractivity contribution in [3.05, 3.63) is 29.8 Å². The van der Waals surface area contributed by atoms with Gasteiger partial charge in [-0.05, 0) is 25.5 Å². The second-order valence-electron chi connectivity index (χ2n) is 5.20. The molecule has 0 spiro atoms. The number of hydrogen-bond donors (Lipinski definition) is 2. The molecule has 0 saturated carbocycles. The van der Waals surface area contributed by atoms with E-state index < -0.39 is 0 Å². The molecule has 0 aliphatic carbocycles. The van der Waals surface area contributed by atoms with E-state index in [4.69, 9.17) is 0 Å². The van der Waals surface area contributed by atoms with Crippen molar-refractivity contribution in [2.24, 2.45) is 0 Å². The number of nitrogens with one attached hydrogen (secondary N) is 2. The van der Waals surface area contributed by atoms with Crippen LogP contribution in [0.25, 0.3) is 0 Å². The lowest BCUT2D eigenvalue weighted by molar-refractivity contribution is -0.119. The van der Waals surface area contributed by atoms with Crippen LogP contribution in [0, 0.1) is 0 Å². The van der Waals surface area contributed by atoms with Crippen molar-refractivity contribution in [1.29, 1.82) is 0 Å². The summed E-state index contributed by atoms with van der Waals surface area (Å²) in [5.41, 5.74) is 1.15. The minimum absolute atomic E-state index is 0.0109. The van der Waals surface area contributed by atoms with Crippen LogP contribution in [0.15, 0.2) is 24.3 Å². The number of carbonyl (C=O) groups excluding carboxylic acids is 3. The van der Waals surface area contributed by atoms with Crippen LogP contribution >= 0.6 is 0 Å². The molecular weight excluding hydrogens is 270 g/mol. The number of benzene rings is 1. The smallest absolute Gasteiger partial charge is 0.321 e. The first-order valence-electron chi connectivity index (χ1n) is 6.89. The lowest BCUT2D eigenvalue weighted by atomic mass is 10.1. The fraction of sp³-hybridized carbons (Fsp3) is 0.400. The van der Waals surface area contributed by atoms with Gasteiger partial charge < -0.3 is 15.5 Å². The summed E-state index contributed by atoms with van der Waals surface area (Å²) in [5.74, 6) is -0.130. The number of nitrogens with zero attached hydrogens (tertiary/aromatic N) is 1. The topological polar surface area (TPSA) is 78.5 Å². The van der Waals surface area contributed by atoms with Crippen molar-refractivity contribution < 1.29 is 14.4 Å². The number of rotatable bonds is 3. The van der Waals surface area contributed by atoms with E-state index in [1.165, 1.54) is 13.8 Å². The minimum atomic E-state index is -0.219. The lowest BCUT2D eigenvalue weighted by Gasteiger charge is -2.17. The third-order valence-corrected chi connectivity index (χ3v) is 3.40. The largest absolute Gasteiger partial charge is 0.352 e. The number of amides is 3. The van der Waals surface area contributed by atoms with Crippen LogP contribution in [0.3, 0.4) is 0 Å². The Labute approximate surface area is 123 Å². The van der Waals surface area contributed by atoms with Crippen LogP contribution in [-0.4, -0.2) is 41.8 Å². The Bertz CT molecular complexity index is 571. The number of urea groups is 1. The molecule has 1 unspecified atom stereocenters. The molecule has 1 saturated heterocycles. The summed E-state index contributed by atoms with van der Waals surface area (Å²) in [7, 11) is 0. The van der Waals surface area contributed by atoms with E-state index >= 15 is 0 Å². The third-order valence-electron chi connectivity index (χ3n) is 3.40. The molecule has 1 aromatic rings. The summed E-state index contributed by atoms with van der Waals surface area (Å²) in [6, 6.07) is 6.63. The molecule has 6 nitrogen and oxygen atoms in total. The Morgan fingerprint density at radius 1 is 1.24 bits per heavy atom. The summed E-state index contributed by atoms with van der Waals surface area (Å²) in [6.07, 6.45) is 0.750. The molecule has 0 aromatic heterocycles. The summed E-state index contributed by atoms with van der Waals surface area (Å²) < 4.78 is 0. The third kappa shape index (κ3) is 4.05. The highest BCUT2D eigenvalue weighted by molar-refractivity contribution is 5.96. The van der Waals surface area contributed by atoms with E-state index in [1.54, 1.807) is 29.2 Å². The van der Waals surface area contributed by atoms with E-state index in [1.807, 2.05) is 0 Å². The van der Waals surface area contributed by atoms with Gasteiger partial charge in [-0.25, -0.2) is 4.79 Å². The van der Waals surface area contributed by atoms with Crippen LogP contribution < -0.4 is 10.6 Å². The SMILES string of the molecule is CC(=O)NC1CCN(C(=O)Nc2cccc(C(C)=O)c2)C1. The maximum absolute atomic E-state index is 12.1. The fourth-order valence-electron chi connectivity index (χ4n) is 2.37. The first-order valence-corrected chi connectivity index (χ1v) is 6.89. The van der Waals surface area contributed by atoms with Gasteiger partial charge in [0.2, 0.25) is 5.91 Å². The zero-order chi connectivity index (χ0) is 15.4. The van der Waals surface area contributed by atoms with E-state index in [2.05, 4.69) is 10.6 Å². The van der Waals surface area contributed by atoms with Gasteiger partial charge in [-0.1, -0.05) is 12.1 Å². The van der Waals surface area contributed by atoms with Gasteiger partial charge in [0.05, 0.1) is 0 Å². The van der Waals surface area contributed by atoms with Crippen molar-refractivity contribution in [3.63, 3.8) is 0 Å². The van der Waals surface area contributed by atoms with Gasteiger partial charge in [0.1, 0.15) is 0 Å². The standard InChI is InChI=1S/C15H19N3O3/c1-10(19)12-4-3-5-13(8-12)17-15(21)18-7-6-14(9-18)16-11(2)20/h3-5,8,14H,6-7,9H2,1-2H3,(H,16,20)(H,17,21). The molecular formula is C15H19N3O3. The first kappa shape index (κ1) is 15.0. The molecule has 0 bridgehead atoms.